The zero-order chi connectivity index (χ0) is 15.4. The molecule has 0 aliphatic carbocycles. The van der Waals surface area contributed by atoms with E-state index in [-0.39, 0.29) is 5.97 Å². The maximum Gasteiger partial charge on any atom is 0.337 e. The van der Waals surface area contributed by atoms with Crippen molar-refractivity contribution in [2.45, 2.75) is 13.5 Å². The average molecular weight is 369 g/mol. The number of benzene rings is 2. The minimum atomic E-state index is -0.347. The molecule has 0 aliphatic heterocycles. The second-order valence-corrected chi connectivity index (χ2v) is 5.93. The first-order valence-electron chi connectivity index (χ1n) is 6.38. The largest absolute Gasteiger partial charge is 0.465 e. The highest BCUT2D eigenvalue weighted by Gasteiger charge is 2.08. The number of esters is 1. The molecule has 1 N–H and O–H groups in total. The number of rotatable bonds is 4. The number of nitrogens with one attached hydrogen (secondary N) is 1. The van der Waals surface area contributed by atoms with Gasteiger partial charge in [-0.05, 0) is 42.3 Å². The molecule has 2 aromatic carbocycles. The Hall–Kier alpha value is -1.52. The molecular formula is C16H15BrClNO2. The highest BCUT2D eigenvalue weighted by atomic mass is 79.9. The number of aryl methyl sites for hydroxylation is 1. The number of hydrogen-bond donors (Lipinski definition) is 1. The molecule has 0 amide bonds. The second kappa shape index (κ2) is 6.96. The van der Waals surface area contributed by atoms with Crippen LogP contribution in [0.5, 0.6) is 0 Å². The molecule has 0 fully saturated rings. The van der Waals surface area contributed by atoms with E-state index in [2.05, 4.69) is 21.2 Å². The Bertz CT molecular complexity index is 673. The van der Waals surface area contributed by atoms with Gasteiger partial charge in [0, 0.05) is 21.7 Å². The van der Waals surface area contributed by atoms with Crippen molar-refractivity contribution in [2.24, 2.45) is 0 Å². The Kier molecular flexibility index (Phi) is 5.26. The van der Waals surface area contributed by atoms with Crippen LogP contribution in [0.3, 0.4) is 0 Å². The normalized spacial score (nSPS) is 10.3. The summed E-state index contributed by atoms with van der Waals surface area (Å²) in [5.74, 6) is -0.347. The second-order valence-electron chi connectivity index (χ2n) is 4.61. The third-order valence-corrected chi connectivity index (χ3v) is 3.99. The minimum Gasteiger partial charge on any atom is -0.465 e. The van der Waals surface area contributed by atoms with Crippen LogP contribution in [-0.2, 0) is 11.3 Å². The number of hydrogen-bond acceptors (Lipinski definition) is 3. The van der Waals surface area contributed by atoms with Gasteiger partial charge in [0.2, 0.25) is 0 Å². The summed E-state index contributed by atoms with van der Waals surface area (Å²) in [6.45, 7) is 2.56. The lowest BCUT2D eigenvalue weighted by Crippen LogP contribution is -2.05. The highest BCUT2D eigenvalue weighted by molar-refractivity contribution is 9.10. The Labute approximate surface area is 137 Å². The summed E-state index contributed by atoms with van der Waals surface area (Å²) in [5, 5.41) is 3.99. The molecule has 5 heteroatoms. The molecule has 2 rings (SSSR count). The van der Waals surface area contributed by atoms with Crippen LogP contribution >= 0.6 is 27.5 Å². The lowest BCUT2D eigenvalue weighted by Gasteiger charge is -2.12. The first kappa shape index (κ1) is 15.9. The van der Waals surface area contributed by atoms with E-state index in [0.29, 0.717) is 17.1 Å². The van der Waals surface area contributed by atoms with Gasteiger partial charge in [-0.25, -0.2) is 4.79 Å². The van der Waals surface area contributed by atoms with E-state index in [1.807, 2.05) is 31.2 Å². The summed E-state index contributed by atoms with van der Waals surface area (Å²) in [6.07, 6.45) is 0. The Morgan fingerprint density at radius 2 is 2.05 bits per heavy atom. The summed E-state index contributed by atoms with van der Waals surface area (Å²) in [7, 11) is 1.37. The van der Waals surface area contributed by atoms with Crippen molar-refractivity contribution in [3.63, 3.8) is 0 Å². The SMILES string of the molecule is COC(=O)c1ccc(C)c(NCc2ccc(Br)cc2Cl)c1. The highest BCUT2D eigenvalue weighted by Crippen LogP contribution is 2.23. The molecule has 0 spiro atoms. The molecule has 0 heterocycles. The van der Waals surface area contributed by atoms with Crippen molar-refractivity contribution in [1.82, 2.24) is 0 Å². The fourth-order valence-corrected chi connectivity index (χ4v) is 2.65. The van der Waals surface area contributed by atoms with E-state index in [9.17, 15) is 4.79 Å². The molecule has 110 valence electrons. The predicted octanol–water partition coefficient (Wildman–Crippen LogP) is 4.81. The van der Waals surface area contributed by atoms with Crippen LogP contribution in [0, 0.1) is 6.92 Å². The van der Waals surface area contributed by atoms with Crippen molar-refractivity contribution in [3.05, 3.63) is 62.6 Å². The molecule has 0 bridgehead atoms. The van der Waals surface area contributed by atoms with Gasteiger partial charge >= 0.3 is 5.97 Å². The van der Waals surface area contributed by atoms with E-state index in [4.69, 9.17) is 16.3 Å². The maximum absolute atomic E-state index is 11.6. The number of methoxy groups -OCH3 is 1. The zero-order valence-electron chi connectivity index (χ0n) is 11.7. The molecule has 0 aliphatic rings. The fraction of sp³-hybridized carbons (Fsp3) is 0.188. The average Bonchev–Trinajstić information content (AvgIpc) is 2.47. The van der Waals surface area contributed by atoms with E-state index >= 15 is 0 Å². The van der Waals surface area contributed by atoms with Gasteiger partial charge in [0.15, 0.2) is 0 Å². The molecule has 0 radical (unpaired) electrons. The fourth-order valence-electron chi connectivity index (χ4n) is 1.91. The molecule has 0 saturated carbocycles. The Balaban J connectivity index is 2.17. The Morgan fingerprint density at radius 3 is 2.71 bits per heavy atom. The van der Waals surface area contributed by atoms with Crippen LogP contribution < -0.4 is 5.32 Å². The molecular weight excluding hydrogens is 354 g/mol. The van der Waals surface area contributed by atoms with E-state index in [1.54, 1.807) is 12.1 Å². The summed E-state index contributed by atoms with van der Waals surface area (Å²) < 4.78 is 5.68. The standard InChI is InChI=1S/C16H15BrClNO2/c1-10-3-4-11(16(20)21-2)7-15(10)19-9-12-5-6-13(17)8-14(12)18/h3-8,19H,9H2,1-2H3. The van der Waals surface area contributed by atoms with Gasteiger partial charge < -0.3 is 10.1 Å². The molecule has 0 atom stereocenters. The minimum absolute atomic E-state index is 0.347. The number of carbonyl (C=O) groups is 1. The van der Waals surface area contributed by atoms with Gasteiger partial charge in [-0.3, -0.25) is 0 Å². The smallest absolute Gasteiger partial charge is 0.337 e. The van der Waals surface area contributed by atoms with Gasteiger partial charge in [0.25, 0.3) is 0 Å². The topological polar surface area (TPSA) is 38.3 Å². The first-order valence-corrected chi connectivity index (χ1v) is 7.55. The van der Waals surface area contributed by atoms with Crippen LogP contribution in [0.25, 0.3) is 0 Å². The number of anilines is 1. The van der Waals surface area contributed by atoms with Crippen LogP contribution in [0.15, 0.2) is 40.9 Å². The predicted molar refractivity (Wildman–Crippen MR) is 89.0 cm³/mol. The van der Waals surface area contributed by atoms with Crippen LogP contribution in [-0.4, -0.2) is 13.1 Å². The summed E-state index contributed by atoms with van der Waals surface area (Å²) in [4.78, 5) is 11.6. The van der Waals surface area contributed by atoms with Crippen molar-refractivity contribution >= 4 is 39.2 Å². The third-order valence-electron chi connectivity index (χ3n) is 3.14. The summed E-state index contributed by atoms with van der Waals surface area (Å²) in [6, 6.07) is 11.2. The van der Waals surface area contributed by atoms with E-state index < -0.39 is 0 Å². The van der Waals surface area contributed by atoms with Crippen molar-refractivity contribution < 1.29 is 9.53 Å². The van der Waals surface area contributed by atoms with Crippen molar-refractivity contribution in [3.8, 4) is 0 Å². The number of halogens is 2. The van der Waals surface area contributed by atoms with E-state index in [1.165, 1.54) is 7.11 Å². The van der Waals surface area contributed by atoms with Gasteiger partial charge in [0.05, 0.1) is 12.7 Å². The van der Waals surface area contributed by atoms with Gasteiger partial charge in [-0.15, -0.1) is 0 Å². The lowest BCUT2D eigenvalue weighted by molar-refractivity contribution is 0.0601. The van der Waals surface area contributed by atoms with Crippen LogP contribution in [0.4, 0.5) is 5.69 Å². The molecule has 0 saturated heterocycles. The maximum atomic E-state index is 11.6. The number of carbonyl (C=O) groups excluding carboxylic acids is 1. The molecule has 3 nitrogen and oxygen atoms in total. The summed E-state index contributed by atoms with van der Waals surface area (Å²) >= 11 is 9.58. The molecule has 0 unspecified atom stereocenters. The monoisotopic (exact) mass is 367 g/mol. The van der Waals surface area contributed by atoms with Crippen molar-refractivity contribution in [2.75, 3.05) is 12.4 Å². The van der Waals surface area contributed by atoms with Crippen LogP contribution in [0.1, 0.15) is 21.5 Å². The third kappa shape index (κ3) is 3.99. The molecule has 21 heavy (non-hydrogen) atoms. The Morgan fingerprint density at radius 1 is 1.29 bits per heavy atom. The lowest BCUT2D eigenvalue weighted by atomic mass is 10.1. The quantitative estimate of drug-likeness (QED) is 0.787. The van der Waals surface area contributed by atoms with Crippen molar-refractivity contribution in [1.29, 1.82) is 0 Å². The summed E-state index contributed by atoms with van der Waals surface area (Å²) in [5.41, 5.74) is 3.45. The zero-order valence-corrected chi connectivity index (χ0v) is 14.1. The number of ether oxygens (including phenoxy) is 1. The van der Waals surface area contributed by atoms with Gasteiger partial charge in [0.1, 0.15) is 0 Å². The first-order chi connectivity index (χ1) is 10.0. The van der Waals surface area contributed by atoms with E-state index in [0.717, 1.165) is 21.3 Å². The molecule has 0 aromatic heterocycles. The van der Waals surface area contributed by atoms with Gasteiger partial charge in [-0.1, -0.05) is 39.7 Å². The van der Waals surface area contributed by atoms with Gasteiger partial charge in [-0.2, -0.15) is 0 Å². The van der Waals surface area contributed by atoms with Crippen LogP contribution in [0.2, 0.25) is 5.02 Å². The molecule has 2 aromatic rings.